The molecule has 0 aliphatic carbocycles. The minimum atomic E-state index is -1.13. The number of carboxylic acids is 1. The quantitative estimate of drug-likeness (QED) is 0.221. The van der Waals surface area contributed by atoms with E-state index in [4.69, 9.17) is 9.84 Å². The summed E-state index contributed by atoms with van der Waals surface area (Å²) in [6.45, 7) is 7.24. The number of aliphatic hydroxyl groups is 1. The van der Waals surface area contributed by atoms with Gasteiger partial charge in [0, 0.05) is 31.1 Å². The molecule has 2 N–H and O–H groups in total. The third kappa shape index (κ3) is 4.35. The van der Waals surface area contributed by atoms with Gasteiger partial charge in [0.05, 0.1) is 17.9 Å². The van der Waals surface area contributed by atoms with Gasteiger partial charge in [-0.3, -0.25) is 14.4 Å². The number of ether oxygens (including phenoxy) is 1. The van der Waals surface area contributed by atoms with Crippen LogP contribution < -0.4 is 0 Å². The molecule has 1 spiro atoms. The molecule has 3 aliphatic heterocycles. The van der Waals surface area contributed by atoms with Crippen molar-refractivity contribution in [1.82, 2.24) is 9.80 Å². The van der Waals surface area contributed by atoms with E-state index in [1.54, 1.807) is 15.9 Å². The first-order chi connectivity index (χ1) is 15.3. The highest BCUT2D eigenvalue weighted by Gasteiger charge is 2.76. The molecule has 1 unspecified atom stereocenters. The highest BCUT2D eigenvalue weighted by atomic mass is 79.9. The zero-order chi connectivity index (χ0) is 23.5. The number of aliphatic hydroxyl groups excluding tert-OH is 1. The summed E-state index contributed by atoms with van der Waals surface area (Å²) in [7, 11) is 0. The van der Waals surface area contributed by atoms with Crippen molar-refractivity contribution in [3.05, 3.63) is 12.7 Å². The fourth-order valence-corrected chi connectivity index (χ4v) is 6.62. The number of unbranched alkanes of at least 4 members (excludes halogenated alkanes) is 4. The van der Waals surface area contributed by atoms with Crippen molar-refractivity contribution in [3.63, 3.8) is 0 Å². The van der Waals surface area contributed by atoms with Gasteiger partial charge in [-0.25, -0.2) is 0 Å². The maximum Gasteiger partial charge on any atom is 0.310 e. The number of fused-ring (bicyclic) bond motifs is 1. The van der Waals surface area contributed by atoms with Gasteiger partial charge >= 0.3 is 5.97 Å². The molecule has 2 amide bonds. The fraction of sp³-hybridized carbons (Fsp3) is 0.783. The summed E-state index contributed by atoms with van der Waals surface area (Å²) in [4.78, 5) is 42.6. The first-order valence-electron chi connectivity index (χ1n) is 11.7. The topological polar surface area (TPSA) is 107 Å². The molecule has 0 aromatic carbocycles. The number of halogens is 1. The third-order valence-corrected chi connectivity index (χ3v) is 7.90. The van der Waals surface area contributed by atoms with E-state index >= 15 is 0 Å². The van der Waals surface area contributed by atoms with Crippen LogP contribution in [0.15, 0.2) is 12.7 Å². The van der Waals surface area contributed by atoms with E-state index in [2.05, 4.69) is 29.4 Å². The number of carboxylic acid groups (broad SMARTS) is 1. The van der Waals surface area contributed by atoms with Crippen LogP contribution in [-0.4, -0.2) is 86.6 Å². The van der Waals surface area contributed by atoms with Gasteiger partial charge in [-0.1, -0.05) is 41.8 Å². The Hall–Kier alpha value is -1.45. The number of rotatable bonds is 13. The highest BCUT2D eigenvalue weighted by molar-refractivity contribution is 9.09. The lowest BCUT2D eigenvalue weighted by Gasteiger charge is -2.37. The van der Waals surface area contributed by atoms with E-state index in [0.717, 1.165) is 25.7 Å². The largest absolute Gasteiger partial charge is 0.481 e. The summed E-state index contributed by atoms with van der Waals surface area (Å²) < 4.78 is 6.28. The van der Waals surface area contributed by atoms with Gasteiger partial charge in [0.25, 0.3) is 0 Å². The van der Waals surface area contributed by atoms with Crippen molar-refractivity contribution in [2.75, 3.05) is 26.2 Å². The lowest BCUT2D eigenvalue weighted by molar-refractivity contribution is -0.150. The van der Waals surface area contributed by atoms with Crippen molar-refractivity contribution in [3.8, 4) is 0 Å². The van der Waals surface area contributed by atoms with Crippen molar-refractivity contribution in [2.24, 2.45) is 11.8 Å². The van der Waals surface area contributed by atoms with E-state index < -0.39 is 35.6 Å². The average molecular weight is 515 g/mol. The summed E-state index contributed by atoms with van der Waals surface area (Å²) in [5.41, 5.74) is -1.13. The molecule has 180 valence electrons. The Kier molecular flexibility index (Phi) is 8.38. The molecule has 6 atom stereocenters. The van der Waals surface area contributed by atoms with Gasteiger partial charge in [-0.05, 0) is 32.1 Å². The van der Waals surface area contributed by atoms with E-state index in [0.29, 0.717) is 38.9 Å². The van der Waals surface area contributed by atoms with Gasteiger partial charge in [0.15, 0.2) is 0 Å². The molecule has 9 heteroatoms. The highest BCUT2D eigenvalue weighted by Crippen LogP contribution is 2.60. The number of carbonyl (C=O) groups is 3. The molecule has 0 radical (unpaired) electrons. The molecule has 0 aromatic rings. The normalized spacial score (nSPS) is 32.9. The molecule has 3 fully saturated rings. The van der Waals surface area contributed by atoms with Gasteiger partial charge in [0.1, 0.15) is 11.6 Å². The zero-order valence-electron chi connectivity index (χ0n) is 18.7. The zero-order valence-corrected chi connectivity index (χ0v) is 20.3. The van der Waals surface area contributed by atoms with E-state index in [9.17, 15) is 19.5 Å². The van der Waals surface area contributed by atoms with Crippen molar-refractivity contribution >= 4 is 33.7 Å². The van der Waals surface area contributed by atoms with Crippen LogP contribution in [0.4, 0.5) is 0 Å². The van der Waals surface area contributed by atoms with Crippen molar-refractivity contribution in [1.29, 1.82) is 0 Å². The van der Waals surface area contributed by atoms with E-state index in [1.807, 2.05) is 0 Å². The van der Waals surface area contributed by atoms with Crippen molar-refractivity contribution in [2.45, 2.75) is 74.4 Å². The molecule has 0 aromatic heterocycles. The number of carbonyl (C=O) groups excluding carboxylic acids is 2. The summed E-state index contributed by atoms with van der Waals surface area (Å²) in [5, 5.41) is 19.0. The predicted octanol–water partition coefficient (Wildman–Crippen LogP) is 2.19. The number of nitrogens with zero attached hydrogens (tertiary/aromatic N) is 2. The fourth-order valence-electron chi connectivity index (χ4n) is 5.68. The summed E-state index contributed by atoms with van der Waals surface area (Å²) in [6.07, 6.45) is 6.33. The lowest BCUT2D eigenvalue weighted by atomic mass is 9.70. The Balaban J connectivity index is 1.94. The molecular weight excluding hydrogens is 480 g/mol. The van der Waals surface area contributed by atoms with E-state index in [1.165, 1.54) is 0 Å². The molecule has 3 heterocycles. The van der Waals surface area contributed by atoms with Crippen molar-refractivity contribution < 1.29 is 29.3 Å². The maximum atomic E-state index is 13.9. The Morgan fingerprint density at radius 3 is 2.69 bits per heavy atom. The lowest BCUT2D eigenvalue weighted by Crippen LogP contribution is -2.57. The molecule has 3 saturated heterocycles. The van der Waals surface area contributed by atoms with Gasteiger partial charge < -0.3 is 24.7 Å². The number of alkyl halides is 1. The Labute approximate surface area is 198 Å². The smallest absolute Gasteiger partial charge is 0.310 e. The molecule has 0 saturated carbocycles. The summed E-state index contributed by atoms with van der Waals surface area (Å²) >= 11 is 3.56. The second-order valence-electron chi connectivity index (χ2n) is 9.10. The first-order valence-corrected chi connectivity index (χ1v) is 12.6. The summed E-state index contributed by atoms with van der Waals surface area (Å²) in [6, 6.07) is -0.842. The minimum absolute atomic E-state index is 0.0740. The number of likely N-dealkylation sites (tertiary alicyclic amines) is 1. The van der Waals surface area contributed by atoms with Crippen LogP contribution >= 0.6 is 15.9 Å². The van der Waals surface area contributed by atoms with Crippen LogP contribution in [0.2, 0.25) is 0 Å². The predicted molar refractivity (Wildman–Crippen MR) is 122 cm³/mol. The van der Waals surface area contributed by atoms with Crippen LogP contribution in [0, 0.1) is 11.8 Å². The first kappa shape index (κ1) is 25.2. The van der Waals surface area contributed by atoms with Crippen LogP contribution in [0.3, 0.4) is 0 Å². The van der Waals surface area contributed by atoms with Gasteiger partial charge in [-0.15, -0.1) is 6.58 Å². The SMILES string of the molecule is C=CCN(CCCCC)C(=O)[C@H]1N(CCCCCO)C(=O)[C@@H]2[C@@H](C(=O)O)[C@@H]3O[C@@]21CC3Br. The van der Waals surface area contributed by atoms with Crippen LogP contribution in [-0.2, 0) is 19.1 Å². The minimum Gasteiger partial charge on any atom is -0.481 e. The Morgan fingerprint density at radius 1 is 1.31 bits per heavy atom. The molecule has 3 rings (SSSR count). The third-order valence-electron chi connectivity index (χ3n) is 7.06. The number of amides is 2. The molecule has 32 heavy (non-hydrogen) atoms. The second kappa shape index (κ2) is 10.7. The van der Waals surface area contributed by atoms with Gasteiger partial charge in [0.2, 0.25) is 11.8 Å². The van der Waals surface area contributed by atoms with Crippen LogP contribution in [0.1, 0.15) is 51.9 Å². The summed E-state index contributed by atoms with van der Waals surface area (Å²) in [5.74, 6) is -3.36. The molecule has 2 bridgehead atoms. The Bertz CT molecular complexity index is 733. The maximum absolute atomic E-state index is 13.9. The van der Waals surface area contributed by atoms with Crippen LogP contribution in [0.25, 0.3) is 0 Å². The number of hydrogen-bond acceptors (Lipinski definition) is 5. The number of aliphatic carboxylic acids is 1. The molecule has 8 nitrogen and oxygen atoms in total. The van der Waals surface area contributed by atoms with Crippen LogP contribution in [0.5, 0.6) is 0 Å². The molecule has 3 aliphatic rings. The van der Waals surface area contributed by atoms with E-state index in [-0.39, 0.29) is 23.2 Å². The Morgan fingerprint density at radius 2 is 2.06 bits per heavy atom. The second-order valence-corrected chi connectivity index (χ2v) is 10.3. The number of hydrogen-bond donors (Lipinski definition) is 2. The van der Waals surface area contributed by atoms with Gasteiger partial charge in [-0.2, -0.15) is 0 Å². The molecular formula is C23H35BrN2O6. The monoisotopic (exact) mass is 514 g/mol. The standard InChI is InChI=1S/C23H35BrN2O6/c1-3-5-7-11-25(10-4-2)21(29)19-23-14-15(24)18(32-23)16(22(30)31)17(23)20(28)26(19)12-8-6-9-13-27/h4,15-19,27H,2-3,5-14H2,1H3,(H,30,31)/t15?,16-,17+,18-,19-,23+/m1/s1. The average Bonchev–Trinajstić information content (AvgIpc) is 3.34.